The zero-order valence-electron chi connectivity index (χ0n) is 15.7. The fraction of sp³-hybridized carbons (Fsp3) is 0.300. The van der Waals surface area contributed by atoms with Gasteiger partial charge in [0.05, 0.1) is 10.7 Å². The number of nitrogens with one attached hydrogen (secondary N) is 1. The fourth-order valence-electron chi connectivity index (χ4n) is 3.36. The molecule has 0 aromatic heterocycles. The van der Waals surface area contributed by atoms with Crippen molar-refractivity contribution in [3.05, 3.63) is 47.0 Å². The number of nitrogens with zero attached hydrogens (tertiary/aromatic N) is 2. The van der Waals surface area contributed by atoms with Crippen molar-refractivity contribution in [3.63, 3.8) is 0 Å². The number of anilines is 2. The van der Waals surface area contributed by atoms with E-state index in [-0.39, 0.29) is 6.79 Å². The highest BCUT2D eigenvalue weighted by atomic mass is 35.5. The molecule has 0 bridgehead atoms. The molecule has 0 unspecified atom stereocenters. The molecular formula is C20H21ClN4O4. The molecule has 0 spiro atoms. The molecule has 9 heteroatoms. The standard InChI is InChI=1S/C20H21ClN4O4/c21-15-10-14(22)2-3-16(15)23-19(26)20(27)25-7-5-24(6-8-25)11-13-1-4-17-18(9-13)29-12-28-17/h1-4,9-10H,5-8,11-12,22H2,(H,23,26). The van der Waals surface area contributed by atoms with Crippen molar-refractivity contribution in [1.29, 1.82) is 0 Å². The number of nitrogen functional groups attached to an aromatic ring is 1. The highest BCUT2D eigenvalue weighted by molar-refractivity contribution is 6.41. The van der Waals surface area contributed by atoms with Gasteiger partial charge in [-0.2, -0.15) is 0 Å². The molecule has 0 radical (unpaired) electrons. The fourth-order valence-corrected chi connectivity index (χ4v) is 3.59. The Kier molecular flexibility index (Phi) is 5.46. The van der Waals surface area contributed by atoms with E-state index in [0.717, 1.165) is 23.6 Å². The highest BCUT2D eigenvalue weighted by Crippen LogP contribution is 2.32. The maximum Gasteiger partial charge on any atom is 0.313 e. The number of ether oxygens (including phenoxy) is 2. The van der Waals surface area contributed by atoms with E-state index in [0.29, 0.717) is 42.6 Å². The lowest BCUT2D eigenvalue weighted by molar-refractivity contribution is -0.144. The highest BCUT2D eigenvalue weighted by Gasteiger charge is 2.26. The lowest BCUT2D eigenvalue weighted by Crippen LogP contribution is -2.51. The molecule has 3 N–H and O–H groups in total. The van der Waals surface area contributed by atoms with Crippen LogP contribution in [0.2, 0.25) is 5.02 Å². The van der Waals surface area contributed by atoms with Crippen molar-refractivity contribution in [3.8, 4) is 11.5 Å². The van der Waals surface area contributed by atoms with Gasteiger partial charge in [0.15, 0.2) is 11.5 Å². The van der Waals surface area contributed by atoms with Crippen LogP contribution in [0.5, 0.6) is 11.5 Å². The molecule has 1 saturated heterocycles. The number of hydrogen-bond donors (Lipinski definition) is 2. The van der Waals surface area contributed by atoms with Gasteiger partial charge in [-0.3, -0.25) is 14.5 Å². The number of carbonyl (C=O) groups is 2. The van der Waals surface area contributed by atoms with Crippen LogP contribution in [-0.2, 0) is 16.1 Å². The van der Waals surface area contributed by atoms with Crippen LogP contribution in [0.1, 0.15) is 5.56 Å². The van der Waals surface area contributed by atoms with Crippen molar-refractivity contribution >= 4 is 34.8 Å². The SMILES string of the molecule is Nc1ccc(NC(=O)C(=O)N2CCN(Cc3ccc4c(c3)OCO4)CC2)c(Cl)c1. The predicted octanol–water partition coefficient (Wildman–Crippen LogP) is 1.93. The Labute approximate surface area is 173 Å². The molecule has 1 fully saturated rings. The summed E-state index contributed by atoms with van der Waals surface area (Å²) in [5, 5.41) is 2.84. The third-order valence-electron chi connectivity index (χ3n) is 4.94. The van der Waals surface area contributed by atoms with E-state index in [4.69, 9.17) is 26.8 Å². The van der Waals surface area contributed by atoms with Crippen molar-refractivity contribution in [2.45, 2.75) is 6.54 Å². The van der Waals surface area contributed by atoms with Crippen LogP contribution in [0.3, 0.4) is 0 Å². The van der Waals surface area contributed by atoms with Crippen LogP contribution >= 0.6 is 11.6 Å². The summed E-state index contributed by atoms with van der Waals surface area (Å²) in [5.41, 5.74) is 7.60. The Bertz CT molecular complexity index is 944. The van der Waals surface area contributed by atoms with Crippen molar-refractivity contribution in [2.75, 3.05) is 44.0 Å². The third-order valence-corrected chi connectivity index (χ3v) is 5.25. The molecule has 0 aliphatic carbocycles. The summed E-state index contributed by atoms with van der Waals surface area (Å²) in [7, 11) is 0. The molecule has 8 nitrogen and oxygen atoms in total. The number of nitrogens with two attached hydrogens (primary N) is 1. The van der Waals surface area contributed by atoms with Gasteiger partial charge >= 0.3 is 11.8 Å². The summed E-state index contributed by atoms with van der Waals surface area (Å²) in [4.78, 5) is 28.6. The molecule has 29 heavy (non-hydrogen) atoms. The van der Waals surface area contributed by atoms with Gasteiger partial charge in [-0.25, -0.2) is 0 Å². The Morgan fingerprint density at radius 2 is 1.79 bits per heavy atom. The first-order valence-corrected chi connectivity index (χ1v) is 9.63. The number of amides is 2. The third kappa shape index (κ3) is 4.38. The maximum atomic E-state index is 12.5. The second-order valence-corrected chi connectivity index (χ2v) is 7.36. The molecule has 2 aliphatic rings. The van der Waals surface area contributed by atoms with E-state index in [1.807, 2.05) is 18.2 Å². The summed E-state index contributed by atoms with van der Waals surface area (Å²) >= 11 is 6.05. The average Bonchev–Trinajstić information content (AvgIpc) is 3.18. The Balaban J connectivity index is 1.29. The Hall–Kier alpha value is -2.97. The van der Waals surface area contributed by atoms with Gasteiger partial charge in [-0.05, 0) is 35.9 Å². The van der Waals surface area contributed by atoms with Crippen LogP contribution in [0.25, 0.3) is 0 Å². The summed E-state index contributed by atoms with van der Waals surface area (Å²) in [5.74, 6) is 0.243. The molecule has 2 aliphatic heterocycles. The number of piperazine rings is 1. The molecule has 2 aromatic carbocycles. The molecule has 152 valence electrons. The lowest BCUT2D eigenvalue weighted by atomic mass is 10.1. The first kappa shape index (κ1) is 19.4. The van der Waals surface area contributed by atoms with E-state index in [1.165, 1.54) is 6.07 Å². The monoisotopic (exact) mass is 416 g/mol. The van der Waals surface area contributed by atoms with Gasteiger partial charge in [0, 0.05) is 38.4 Å². The number of carbonyl (C=O) groups excluding carboxylic acids is 2. The second-order valence-electron chi connectivity index (χ2n) is 6.95. The van der Waals surface area contributed by atoms with Crippen molar-refractivity contribution < 1.29 is 19.1 Å². The Morgan fingerprint density at radius 1 is 1.03 bits per heavy atom. The molecular weight excluding hydrogens is 396 g/mol. The summed E-state index contributed by atoms with van der Waals surface area (Å²) < 4.78 is 10.7. The number of rotatable bonds is 3. The van der Waals surface area contributed by atoms with Gasteiger partial charge in [0.2, 0.25) is 6.79 Å². The first-order valence-electron chi connectivity index (χ1n) is 9.26. The van der Waals surface area contributed by atoms with Crippen LogP contribution in [0.15, 0.2) is 36.4 Å². The van der Waals surface area contributed by atoms with Gasteiger partial charge in [-0.1, -0.05) is 17.7 Å². The minimum Gasteiger partial charge on any atom is -0.454 e. The number of fused-ring (bicyclic) bond motifs is 1. The molecule has 2 amide bonds. The molecule has 4 rings (SSSR count). The minimum atomic E-state index is -0.708. The van der Waals surface area contributed by atoms with E-state index in [9.17, 15) is 9.59 Å². The molecule has 0 saturated carbocycles. The van der Waals surface area contributed by atoms with E-state index in [1.54, 1.807) is 17.0 Å². The zero-order chi connectivity index (χ0) is 20.4. The zero-order valence-corrected chi connectivity index (χ0v) is 16.4. The molecule has 2 heterocycles. The maximum absolute atomic E-state index is 12.5. The van der Waals surface area contributed by atoms with Gasteiger partial charge in [0.1, 0.15) is 0 Å². The van der Waals surface area contributed by atoms with Gasteiger partial charge in [-0.15, -0.1) is 0 Å². The first-order chi connectivity index (χ1) is 14.0. The number of hydrogen-bond acceptors (Lipinski definition) is 6. The summed E-state index contributed by atoms with van der Waals surface area (Å²) in [6.45, 7) is 3.31. The average molecular weight is 417 g/mol. The predicted molar refractivity (Wildman–Crippen MR) is 109 cm³/mol. The summed E-state index contributed by atoms with van der Waals surface area (Å²) in [6.07, 6.45) is 0. The second kappa shape index (κ2) is 8.18. The van der Waals surface area contributed by atoms with Gasteiger partial charge in [0.25, 0.3) is 0 Å². The summed E-state index contributed by atoms with van der Waals surface area (Å²) in [6, 6.07) is 10.6. The quantitative estimate of drug-likeness (QED) is 0.586. The van der Waals surface area contributed by atoms with Gasteiger partial charge < -0.3 is 25.4 Å². The van der Waals surface area contributed by atoms with E-state index >= 15 is 0 Å². The number of halogens is 1. The molecule has 0 atom stereocenters. The molecule has 2 aromatic rings. The van der Waals surface area contributed by atoms with Crippen LogP contribution in [0, 0.1) is 0 Å². The van der Waals surface area contributed by atoms with Crippen molar-refractivity contribution in [2.24, 2.45) is 0 Å². The minimum absolute atomic E-state index is 0.253. The lowest BCUT2D eigenvalue weighted by Gasteiger charge is -2.34. The van der Waals surface area contributed by atoms with Crippen molar-refractivity contribution in [1.82, 2.24) is 9.80 Å². The Morgan fingerprint density at radius 3 is 2.55 bits per heavy atom. The van der Waals surface area contributed by atoms with E-state index < -0.39 is 11.8 Å². The van der Waals surface area contributed by atoms with Crippen LogP contribution in [0.4, 0.5) is 11.4 Å². The van der Waals surface area contributed by atoms with Crippen LogP contribution in [-0.4, -0.2) is 54.6 Å². The normalized spacial score (nSPS) is 16.0. The van der Waals surface area contributed by atoms with E-state index in [2.05, 4.69) is 10.2 Å². The topological polar surface area (TPSA) is 97.1 Å². The number of benzene rings is 2. The largest absolute Gasteiger partial charge is 0.454 e. The van der Waals surface area contributed by atoms with Crippen LogP contribution < -0.4 is 20.5 Å². The smallest absolute Gasteiger partial charge is 0.313 e.